The maximum absolute atomic E-state index is 5.91. The third kappa shape index (κ3) is 1.84. The van der Waals surface area contributed by atoms with Crippen LogP contribution in [0, 0.1) is 13.8 Å². The Bertz CT molecular complexity index is 729. The lowest BCUT2D eigenvalue weighted by Gasteiger charge is -2.01. The fourth-order valence-corrected chi connectivity index (χ4v) is 3.51. The summed E-state index contributed by atoms with van der Waals surface area (Å²) in [6, 6.07) is 3.79. The first kappa shape index (κ1) is 12.1. The van der Waals surface area contributed by atoms with Crippen LogP contribution in [0.1, 0.15) is 11.4 Å². The summed E-state index contributed by atoms with van der Waals surface area (Å²) in [5.41, 5.74) is 1.90. The Morgan fingerprint density at radius 2 is 2.06 bits per heavy atom. The van der Waals surface area contributed by atoms with Gasteiger partial charge < -0.3 is 0 Å². The van der Waals surface area contributed by atoms with Gasteiger partial charge in [-0.3, -0.25) is 4.40 Å². The van der Waals surface area contributed by atoms with Gasteiger partial charge in [-0.25, -0.2) is 4.98 Å². The molecular weight excluding hydrogens is 336 g/mol. The molecule has 3 aromatic rings. The van der Waals surface area contributed by atoms with E-state index < -0.39 is 0 Å². The van der Waals surface area contributed by atoms with Crippen molar-refractivity contribution in [3.63, 3.8) is 0 Å². The van der Waals surface area contributed by atoms with Gasteiger partial charge >= 0.3 is 0 Å². The number of aryl methyl sites for hydroxylation is 2. The monoisotopic (exact) mass is 342 g/mol. The summed E-state index contributed by atoms with van der Waals surface area (Å²) >= 11 is 11.1. The van der Waals surface area contributed by atoms with E-state index in [1.54, 1.807) is 17.4 Å². The summed E-state index contributed by atoms with van der Waals surface area (Å²) in [6.45, 7) is 3.94. The largest absolute Gasteiger partial charge is 0.262 e. The second kappa shape index (κ2) is 4.29. The minimum absolute atomic E-state index is 0.433. The van der Waals surface area contributed by atoms with Crippen molar-refractivity contribution in [3.05, 3.63) is 32.5 Å². The van der Waals surface area contributed by atoms with Crippen LogP contribution in [0.2, 0.25) is 5.15 Å². The number of hydrogen-bond acceptors (Lipinski definition) is 4. The Morgan fingerprint density at radius 3 is 2.72 bits per heavy atom. The highest BCUT2D eigenvalue weighted by atomic mass is 79.9. The van der Waals surface area contributed by atoms with Gasteiger partial charge in [0.05, 0.1) is 8.66 Å². The second-order valence-corrected chi connectivity index (χ2v) is 6.67. The minimum atomic E-state index is 0.433. The van der Waals surface area contributed by atoms with Crippen molar-refractivity contribution in [2.45, 2.75) is 13.8 Å². The van der Waals surface area contributed by atoms with Crippen LogP contribution in [-0.2, 0) is 0 Å². The summed E-state index contributed by atoms with van der Waals surface area (Å²) in [7, 11) is 0. The van der Waals surface area contributed by atoms with Crippen molar-refractivity contribution < 1.29 is 0 Å². The number of nitrogens with zero attached hydrogens (tertiary/aromatic N) is 4. The van der Waals surface area contributed by atoms with E-state index in [0.29, 0.717) is 10.8 Å². The van der Waals surface area contributed by atoms with E-state index in [1.165, 1.54) is 5.56 Å². The molecule has 4 nitrogen and oxygen atoms in total. The van der Waals surface area contributed by atoms with E-state index in [-0.39, 0.29) is 0 Å². The van der Waals surface area contributed by atoms with Crippen LogP contribution in [0.4, 0.5) is 0 Å². The van der Waals surface area contributed by atoms with Crippen LogP contribution in [-0.4, -0.2) is 19.6 Å². The Kier molecular flexibility index (Phi) is 2.88. The highest BCUT2D eigenvalue weighted by molar-refractivity contribution is 9.11. The highest BCUT2D eigenvalue weighted by Crippen LogP contribution is 2.34. The first-order chi connectivity index (χ1) is 8.56. The smallest absolute Gasteiger partial charge is 0.179 e. The lowest BCUT2D eigenvalue weighted by molar-refractivity contribution is 0.991. The standard InChI is InChI=1S/C11H8BrClN4S/c1-5-3-7(18-10(5)12)11-16-15-9-4-8(13)14-6(2)17(9)11/h3-4H,1-2H3. The number of halogens is 2. The quantitative estimate of drug-likeness (QED) is 0.630. The topological polar surface area (TPSA) is 43.1 Å². The molecule has 0 atom stereocenters. The van der Waals surface area contributed by atoms with Crippen molar-refractivity contribution in [3.8, 4) is 10.7 Å². The molecule has 3 rings (SSSR count). The number of aromatic nitrogens is 4. The third-order valence-corrected chi connectivity index (χ3v) is 4.93. The maximum Gasteiger partial charge on any atom is 0.179 e. The molecule has 0 fully saturated rings. The van der Waals surface area contributed by atoms with Gasteiger partial charge in [-0.15, -0.1) is 21.5 Å². The summed E-state index contributed by atoms with van der Waals surface area (Å²) in [6.07, 6.45) is 0. The molecule has 0 saturated heterocycles. The normalized spacial score (nSPS) is 11.3. The number of rotatable bonds is 1. The zero-order valence-corrected chi connectivity index (χ0v) is 12.8. The van der Waals surface area contributed by atoms with E-state index in [4.69, 9.17) is 11.6 Å². The van der Waals surface area contributed by atoms with Crippen molar-refractivity contribution in [1.82, 2.24) is 19.6 Å². The van der Waals surface area contributed by atoms with Crippen LogP contribution < -0.4 is 0 Å². The third-order valence-electron chi connectivity index (χ3n) is 2.61. The molecule has 3 aromatic heterocycles. The van der Waals surface area contributed by atoms with E-state index in [1.807, 2.05) is 11.3 Å². The fourth-order valence-electron chi connectivity index (χ4n) is 1.78. The van der Waals surface area contributed by atoms with Crippen molar-refractivity contribution in [2.75, 3.05) is 0 Å². The highest BCUT2D eigenvalue weighted by Gasteiger charge is 2.14. The molecular formula is C11H8BrClN4S. The van der Waals surface area contributed by atoms with Gasteiger partial charge in [0, 0.05) is 6.07 Å². The molecule has 3 heterocycles. The molecule has 0 N–H and O–H groups in total. The molecule has 92 valence electrons. The lowest BCUT2D eigenvalue weighted by atomic mass is 10.3. The van der Waals surface area contributed by atoms with Crippen LogP contribution in [0.5, 0.6) is 0 Å². The number of hydrogen-bond donors (Lipinski definition) is 0. The molecule has 7 heteroatoms. The molecule has 0 unspecified atom stereocenters. The van der Waals surface area contributed by atoms with Crippen molar-refractivity contribution in [2.24, 2.45) is 0 Å². The molecule has 0 saturated carbocycles. The van der Waals surface area contributed by atoms with E-state index >= 15 is 0 Å². The van der Waals surface area contributed by atoms with E-state index in [0.717, 1.165) is 20.3 Å². The molecule has 0 aromatic carbocycles. The van der Waals surface area contributed by atoms with Crippen LogP contribution >= 0.6 is 38.9 Å². The SMILES string of the molecule is Cc1cc(-c2nnc3cc(Cl)nc(C)n23)sc1Br. The number of thiophene rings is 1. The minimum Gasteiger partial charge on any atom is -0.262 e. The van der Waals surface area contributed by atoms with Gasteiger partial charge in [0.15, 0.2) is 11.5 Å². The number of fused-ring (bicyclic) bond motifs is 1. The van der Waals surface area contributed by atoms with Crippen LogP contribution in [0.25, 0.3) is 16.3 Å². The Hall–Kier alpha value is -0.980. The van der Waals surface area contributed by atoms with Crippen molar-refractivity contribution >= 4 is 44.5 Å². The first-order valence-electron chi connectivity index (χ1n) is 5.21. The summed E-state index contributed by atoms with van der Waals surface area (Å²) in [4.78, 5) is 5.29. The average Bonchev–Trinajstić information content (AvgIpc) is 2.83. The van der Waals surface area contributed by atoms with E-state index in [9.17, 15) is 0 Å². The Morgan fingerprint density at radius 1 is 1.28 bits per heavy atom. The first-order valence-corrected chi connectivity index (χ1v) is 7.19. The van der Waals surface area contributed by atoms with Gasteiger partial charge in [-0.05, 0) is 41.4 Å². The predicted octanol–water partition coefficient (Wildman–Crippen LogP) is 3.89. The zero-order chi connectivity index (χ0) is 12.9. The summed E-state index contributed by atoms with van der Waals surface area (Å²) < 4.78 is 3.01. The maximum atomic E-state index is 5.91. The summed E-state index contributed by atoms with van der Waals surface area (Å²) in [5.74, 6) is 1.57. The molecule has 0 bridgehead atoms. The fraction of sp³-hybridized carbons (Fsp3) is 0.182. The average molecular weight is 344 g/mol. The van der Waals surface area contributed by atoms with Crippen LogP contribution in [0.15, 0.2) is 15.9 Å². The van der Waals surface area contributed by atoms with Crippen molar-refractivity contribution in [1.29, 1.82) is 0 Å². The molecule has 0 amide bonds. The molecule has 0 spiro atoms. The lowest BCUT2D eigenvalue weighted by Crippen LogP contribution is -1.97. The van der Waals surface area contributed by atoms with Gasteiger partial charge in [-0.2, -0.15) is 0 Å². The Balaban J connectivity index is 2.30. The molecule has 0 radical (unpaired) electrons. The molecule has 18 heavy (non-hydrogen) atoms. The predicted molar refractivity (Wildman–Crippen MR) is 76.3 cm³/mol. The van der Waals surface area contributed by atoms with Gasteiger partial charge in [0.1, 0.15) is 11.0 Å². The molecule has 0 aliphatic rings. The summed E-state index contributed by atoms with van der Waals surface area (Å²) in [5, 5.41) is 8.79. The van der Waals surface area contributed by atoms with Gasteiger partial charge in [0.2, 0.25) is 0 Å². The van der Waals surface area contributed by atoms with Gasteiger partial charge in [-0.1, -0.05) is 11.6 Å². The molecule has 0 aliphatic heterocycles. The van der Waals surface area contributed by atoms with Crippen LogP contribution in [0.3, 0.4) is 0 Å². The van der Waals surface area contributed by atoms with Gasteiger partial charge in [0.25, 0.3) is 0 Å². The van der Waals surface area contributed by atoms with E-state index in [2.05, 4.69) is 44.1 Å². The Labute approximate surface area is 121 Å². The zero-order valence-electron chi connectivity index (χ0n) is 9.61. The molecule has 0 aliphatic carbocycles. The second-order valence-electron chi connectivity index (χ2n) is 3.91.